The van der Waals surface area contributed by atoms with Crippen LogP contribution >= 0.6 is 0 Å². The summed E-state index contributed by atoms with van der Waals surface area (Å²) >= 11 is 0. The molecule has 0 bridgehead atoms. The average molecular weight is 437 g/mol. The second-order valence-electron chi connectivity index (χ2n) is 11.3. The van der Waals surface area contributed by atoms with Crippen LogP contribution in [-0.4, -0.2) is 58.2 Å². The number of carbonyl (C=O) groups excluding carboxylic acids is 2. The largest absolute Gasteiger partial charge is 0.393 e. The van der Waals surface area contributed by atoms with Crippen LogP contribution in [0.1, 0.15) is 59.8 Å². The maximum atomic E-state index is 15.5. The number of allylic oxidation sites excluding steroid dienone is 1. The van der Waals surface area contributed by atoms with Gasteiger partial charge in [0.15, 0.2) is 23.0 Å². The first-order chi connectivity index (χ1) is 14.4. The van der Waals surface area contributed by atoms with Crippen LogP contribution in [0.4, 0.5) is 4.39 Å². The Hall–Kier alpha value is -1.15. The first-order valence-corrected chi connectivity index (χ1v) is 11.5. The third-order valence-electron chi connectivity index (χ3n) is 9.42. The van der Waals surface area contributed by atoms with Crippen LogP contribution in [0.25, 0.3) is 0 Å². The summed E-state index contributed by atoms with van der Waals surface area (Å²) in [5, 5.41) is 21.3. The summed E-state index contributed by atoms with van der Waals surface area (Å²) in [5.74, 6) is -1.90. The van der Waals surface area contributed by atoms with Gasteiger partial charge in [0.25, 0.3) is 0 Å². The van der Waals surface area contributed by atoms with Crippen LogP contribution in [-0.2, 0) is 19.1 Å². The molecule has 1 heterocycles. The molecule has 9 atom stereocenters. The number of carbonyl (C=O) groups is 2. The van der Waals surface area contributed by atoms with E-state index in [9.17, 15) is 19.8 Å². The van der Waals surface area contributed by atoms with E-state index in [1.165, 1.54) is 6.08 Å². The molecule has 0 spiro atoms. The maximum absolute atomic E-state index is 15.5. The molecule has 0 aromatic rings. The number of halogens is 1. The number of ether oxygens (including phenoxy) is 2. The Kier molecular flexibility index (Phi) is 4.52. The van der Waals surface area contributed by atoms with Crippen LogP contribution < -0.4 is 0 Å². The SMILES string of the molecule is CC1(C)O[C@@H]2C[C@@H]3[C@@H]4C[C@H](F)C5=CC(=O)CC[C@]5(C)[C@@H]4[C@@H](O)C[C@]3(C)[C@]2(C(=O)CO)O1. The predicted octanol–water partition coefficient (Wildman–Crippen LogP) is 2.50. The van der Waals surface area contributed by atoms with Crippen LogP contribution in [0.15, 0.2) is 11.6 Å². The maximum Gasteiger partial charge on any atom is 0.193 e. The van der Waals surface area contributed by atoms with Crippen LogP contribution in [0.5, 0.6) is 0 Å². The number of aliphatic hydroxyl groups is 2. The van der Waals surface area contributed by atoms with Crippen molar-refractivity contribution in [3.63, 3.8) is 0 Å². The van der Waals surface area contributed by atoms with Gasteiger partial charge in [-0.25, -0.2) is 4.39 Å². The van der Waals surface area contributed by atoms with Crippen molar-refractivity contribution in [2.24, 2.45) is 28.6 Å². The van der Waals surface area contributed by atoms with Gasteiger partial charge < -0.3 is 19.7 Å². The number of rotatable bonds is 2. The van der Waals surface area contributed by atoms with Crippen molar-refractivity contribution in [3.05, 3.63) is 11.6 Å². The second-order valence-corrected chi connectivity index (χ2v) is 11.3. The lowest BCUT2D eigenvalue weighted by Crippen LogP contribution is -2.64. The Morgan fingerprint density at radius 2 is 1.97 bits per heavy atom. The van der Waals surface area contributed by atoms with Crippen molar-refractivity contribution in [2.75, 3.05) is 6.61 Å². The molecule has 1 aliphatic heterocycles. The number of fused-ring (bicyclic) bond motifs is 7. The lowest BCUT2D eigenvalue weighted by Gasteiger charge is -2.61. The summed E-state index contributed by atoms with van der Waals surface area (Å²) in [6.07, 6.45) is 0.872. The highest BCUT2D eigenvalue weighted by Gasteiger charge is 2.77. The van der Waals surface area contributed by atoms with Gasteiger partial charge in [-0.05, 0) is 74.3 Å². The topological polar surface area (TPSA) is 93.1 Å². The van der Waals surface area contributed by atoms with E-state index < -0.39 is 53.0 Å². The predicted molar refractivity (Wildman–Crippen MR) is 109 cm³/mol. The van der Waals surface area contributed by atoms with Crippen LogP contribution in [0, 0.1) is 28.6 Å². The lowest BCUT2D eigenvalue weighted by molar-refractivity contribution is -0.228. The fraction of sp³-hybridized carbons (Fsp3) is 0.833. The summed E-state index contributed by atoms with van der Waals surface area (Å²) in [7, 11) is 0. The van der Waals surface area contributed by atoms with E-state index in [4.69, 9.17) is 9.47 Å². The molecule has 5 aliphatic rings. The van der Waals surface area contributed by atoms with Gasteiger partial charge in [-0.1, -0.05) is 13.8 Å². The van der Waals surface area contributed by atoms with Crippen molar-refractivity contribution in [3.8, 4) is 0 Å². The number of aliphatic hydroxyl groups excluding tert-OH is 2. The van der Waals surface area contributed by atoms with E-state index in [-0.39, 0.29) is 30.0 Å². The summed E-state index contributed by atoms with van der Waals surface area (Å²) in [4.78, 5) is 25.2. The van der Waals surface area contributed by atoms with E-state index in [1.807, 2.05) is 13.8 Å². The standard InChI is InChI=1S/C24H33FO6/c1-21(2)30-19-9-14-13-8-16(25)15-7-12(27)5-6-22(15,3)20(13)17(28)10-23(14,4)24(19,31-21)18(29)11-26/h7,13-14,16-17,19-20,26,28H,5-6,8-11H2,1-4H3/t13-,14+,16-,17-,19+,20-,22-,23-,24+/m0/s1. The van der Waals surface area contributed by atoms with E-state index in [0.717, 1.165) is 0 Å². The van der Waals surface area contributed by atoms with E-state index in [2.05, 4.69) is 0 Å². The number of hydrogen-bond donors (Lipinski definition) is 2. The third-order valence-corrected chi connectivity index (χ3v) is 9.42. The summed E-state index contributed by atoms with van der Waals surface area (Å²) in [5.41, 5.74) is -2.19. The van der Waals surface area contributed by atoms with Crippen molar-refractivity contribution in [2.45, 2.75) is 89.6 Å². The van der Waals surface area contributed by atoms with Gasteiger partial charge in [-0.3, -0.25) is 9.59 Å². The highest BCUT2D eigenvalue weighted by atomic mass is 19.1. The molecule has 4 aliphatic carbocycles. The molecule has 3 saturated carbocycles. The first kappa shape index (κ1) is 21.7. The highest BCUT2D eigenvalue weighted by Crippen LogP contribution is 2.70. The molecule has 7 heteroatoms. The molecule has 5 rings (SSSR count). The van der Waals surface area contributed by atoms with E-state index in [0.29, 0.717) is 31.3 Å². The van der Waals surface area contributed by atoms with Gasteiger partial charge in [0.05, 0.1) is 12.2 Å². The molecule has 0 aromatic heterocycles. The number of hydrogen-bond acceptors (Lipinski definition) is 6. The van der Waals surface area contributed by atoms with Gasteiger partial charge >= 0.3 is 0 Å². The Bertz CT molecular complexity index is 868. The molecule has 1 saturated heterocycles. The van der Waals surface area contributed by atoms with E-state index >= 15 is 4.39 Å². The zero-order valence-electron chi connectivity index (χ0n) is 18.7. The van der Waals surface area contributed by atoms with Gasteiger partial charge in [-0.2, -0.15) is 0 Å². The number of Topliss-reactive ketones (excluding diaryl/α,β-unsaturated/α-hetero) is 1. The first-order valence-electron chi connectivity index (χ1n) is 11.5. The number of ketones is 2. The second kappa shape index (κ2) is 6.46. The molecule has 2 N–H and O–H groups in total. The monoisotopic (exact) mass is 436 g/mol. The molecule has 0 aromatic carbocycles. The van der Waals surface area contributed by atoms with Crippen molar-refractivity contribution >= 4 is 11.6 Å². The summed E-state index contributed by atoms with van der Waals surface area (Å²) in [6.45, 7) is 6.78. The molecule has 31 heavy (non-hydrogen) atoms. The molecule has 6 nitrogen and oxygen atoms in total. The van der Waals surface area contributed by atoms with Gasteiger partial charge in [-0.15, -0.1) is 0 Å². The summed E-state index contributed by atoms with van der Waals surface area (Å²) in [6, 6.07) is 0. The zero-order chi connectivity index (χ0) is 22.6. The highest BCUT2D eigenvalue weighted by molar-refractivity contribution is 5.92. The lowest BCUT2D eigenvalue weighted by atomic mass is 9.45. The Morgan fingerprint density at radius 3 is 2.65 bits per heavy atom. The minimum atomic E-state index is -1.35. The molecule has 0 amide bonds. The molecule has 172 valence electrons. The Morgan fingerprint density at radius 1 is 1.26 bits per heavy atom. The average Bonchev–Trinajstić information content (AvgIpc) is 3.08. The van der Waals surface area contributed by atoms with Gasteiger partial charge in [0.1, 0.15) is 12.8 Å². The van der Waals surface area contributed by atoms with Crippen LogP contribution in [0.2, 0.25) is 0 Å². The van der Waals surface area contributed by atoms with Gasteiger partial charge in [0, 0.05) is 11.8 Å². The zero-order valence-corrected chi connectivity index (χ0v) is 18.7. The molecule has 0 radical (unpaired) electrons. The molecule has 4 fully saturated rings. The quantitative estimate of drug-likeness (QED) is 0.691. The minimum Gasteiger partial charge on any atom is -0.393 e. The van der Waals surface area contributed by atoms with Gasteiger partial charge in [0.2, 0.25) is 0 Å². The molecular weight excluding hydrogens is 403 g/mol. The fourth-order valence-electron chi connectivity index (χ4n) is 8.41. The molecule has 0 unspecified atom stereocenters. The van der Waals surface area contributed by atoms with Crippen molar-refractivity contribution in [1.82, 2.24) is 0 Å². The van der Waals surface area contributed by atoms with Crippen molar-refractivity contribution < 1.29 is 33.7 Å². The fourth-order valence-corrected chi connectivity index (χ4v) is 8.41. The van der Waals surface area contributed by atoms with Crippen LogP contribution in [0.3, 0.4) is 0 Å². The Labute approximate surface area is 182 Å². The number of alkyl halides is 1. The summed E-state index contributed by atoms with van der Waals surface area (Å²) < 4.78 is 27.9. The Balaban J connectivity index is 1.61. The minimum absolute atomic E-state index is 0.0457. The van der Waals surface area contributed by atoms with Crippen molar-refractivity contribution in [1.29, 1.82) is 0 Å². The molecular formula is C24H33FO6. The smallest absolute Gasteiger partial charge is 0.193 e. The normalized spacial score (nSPS) is 52.6. The third kappa shape index (κ3) is 2.58. The van der Waals surface area contributed by atoms with E-state index in [1.54, 1.807) is 13.8 Å².